The summed E-state index contributed by atoms with van der Waals surface area (Å²) in [6, 6.07) is 75.3. The van der Waals surface area contributed by atoms with Gasteiger partial charge in [-0.2, -0.15) is 9.97 Å². The second kappa shape index (κ2) is 13.8. The minimum absolute atomic E-state index is 0.582. The van der Waals surface area contributed by atoms with Crippen molar-refractivity contribution in [3.8, 4) is 56.7 Å². The lowest BCUT2D eigenvalue weighted by atomic mass is 9.98. The molecule has 0 saturated carbocycles. The van der Waals surface area contributed by atoms with Crippen molar-refractivity contribution < 1.29 is 0 Å². The van der Waals surface area contributed by atoms with Gasteiger partial charge in [0, 0.05) is 38.4 Å². The van der Waals surface area contributed by atoms with Crippen molar-refractivity contribution in [1.29, 1.82) is 0 Å². The van der Waals surface area contributed by atoms with Crippen molar-refractivity contribution >= 4 is 54.4 Å². The van der Waals surface area contributed by atoms with E-state index in [4.69, 9.17) is 15.0 Å². The Kier molecular flexibility index (Phi) is 7.78. The van der Waals surface area contributed by atoms with Crippen LogP contribution in [0.1, 0.15) is 0 Å². The van der Waals surface area contributed by atoms with Crippen LogP contribution >= 0.6 is 0 Å². The molecular weight excluding hydrogens is 731 g/mol. The number of hydrogen-bond donors (Lipinski definition) is 0. The fourth-order valence-electron chi connectivity index (χ4n) is 8.96. The van der Waals surface area contributed by atoms with Crippen LogP contribution in [0.2, 0.25) is 0 Å². The minimum atomic E-state index is 0.582. The number of benzene rings is 9. The van der Waals surface area contributed by atoms with Gasteiger partial charge in [-0.1, -0.05) is 170 Å². The van der Waals surface area contributed by atoms with Crippen LogP contribution in [0.5, 0.6) is 0 Å². The maximum atomic E-state index is 5.12. The van der Waals surface area contributed by atoms with Crippen LogP contribution < -0.4 is 0 Å². The van der Waals surface area contributed by atoms with Gasteiger partial charge in [0.05, 0.1) is 22.1 Å². The standard InChI is InChI=1S/C55H35N5/c1-3-15-38(16-4-1)53-56-54(39-17-5-2-6-18-39)58-55(57-53)60-50-25-12-10-22-46(50)48-34-40(29-33-51(48)60)41-28-32-47-45-21-9-11-24-49(45)59(52(47)35-41)42-30-26-37(27-31-42)44-23-13-19-36-14-7-8-20-43(36)44/h1-35H. The van der Waals surface area contributed by atoms with Crippen LogP contribution in [-0.4, -0.2) is 24.1 Å². The molecule has 0 unspecified atom stereocenters. The third-order valence-corrected chi connectivity index (χ3v) is 11.8. The highest BCUT2D eigenvalue weighted by Crippen LogP contribution is 2.39. The molecule has 0 bridgehead atoms. The van der Waals surface area contributed by atoms with E-state index < -0.39 is 0 Å². The summed E-state index contributed by atoms with van der Waals surface area (Å²) < 4.78 is 4.58. The predicted molar refractivity (Wildman–Crippen MR) is 248 cm³/mol. The van der Waals surface area contributed by atoms with Crippen LogP contribution in [0.25, 0.3) is 111 Å². The van der Waals surface area contributed by atoms with Gasteiger partial charge in [0.25, 0.3) is 0 Å². The highest BCUT2D eigenvalue weighted by atomic mass is 15.2. The van der Waals surface area contributed by atoms with Crippen molar-refractivity contribution in [2.24, 2.45) is 0 Å². The van der Waals surface area contributed by atoms with E-state index in [1.165, 1.54) is 43.7 Å². The number of aromatic nitrogens is 5. The van der Waals surface area contributed by atoms with E-state index in [-0.39, 0.29) is 0 Å². The second-order valence-electron chi connectivity index (χ2n) is 15.3. The number of fused-ring (bicyclic) bond motifs is 7. The van der Waals surface area contributed by atoms with Gasteiger partial charge in [0.1, 0.15) is 0 Å². The van der Waals surface area contributed by atoms with Crippen molar-refractivity contribution in [2.45, 2.75) is 0 Å². The topological polar surface area (TPSA) is 48.5 Å². The molecule has 0 radical (unpaired) electrons. The van der Waals surface area contributed by atoms with Gasteiger partial charge in [-0.15, -0.1) is 0 Å². The molecular formula is C55H35N5. The molecule has 0 spiro atoms. The Hall–Kier alpha value is -8.15. The van der Waals surface area contributed by atoms with Gasteiger partial charge in [-0.3, -0.25) is 4.57 Å². The summed E-state index contributed by atoms with van der Waals surface area (Å²) >= 11 is 0. The number of rotatable bonds is 6. The Morgan fingerprint density at radius 1 is 0.283 bits per heavy atom. The zero-order valence-corrected chi connectivity index (χ0v) is 32.4. The lowest BCUT2D eigenvalue weighted by Gasteiger charge is -2.12. The summed E-state index contributed by atoms with van der Waals surface area (Å²) in [6.45, 7) is 0. The third-order valence-electron chi connectivity index (χ3n) is 11.8. The van der Waals surface area contributed by atoms with E-state index in [1.807, 2.05) is 60.7 Å². The van der Waals surface area contributed by atoms with E-state index in [1.54, 1.807) is 0 Å². The average Bonchev–Trinajstić information content (AvgIpc) is 3.84. The first-order chi connectivity index (χ1) is 29.7. The Morgan fingerprint density at radius 3 is 1.52 bits per heavy atom. The molecule has 0 atom stereocenters. The second-order valence-corrected chi connectivity index (χ2v) is 15.3. The monoisotopic (exact) mass is 765 g/mol. The maximum absolute atomic E-state index is 5.12. The van der Waals surface area contributed by atoms with Crippen LogP contribution in [0.3, 0.4) is 0 Å². The fourth-order valence-corrected chi connectivity index (χ4v) is 8.96. The van der Waals surface area contributed by atoms with Crippen molar-refractivity contribution in [3.05, 3.63) is 212 Å². The molecule has 12 aromatic rings. The highest BCUT2D eigenvalue weighted by molar-refractivity contribution is 6.12. The molecule has 5 heteroatoms. The van der Waals surface area contributed by atoms with Crippen LogP contribution in [-0.2, 0) is 0 Å². The van der Waals surface area contributed by atoms with Gasteiger partial charge in [0.2, 0.25) is 5.95 Å². The molecule has 0 fully saturated rings. The summed E-state index contributed by atoms with van der Waals surface area (Å²) in [4.78, 5) is 15.2. The molecule has 0 N–H and O–H groups in total. The third kappa shape index (κ3) is 5.52. The zero-order valence-electron chi connectivity index (χ0n) is 32.4. The van der Waals surface area contributed by atoms with E-state index in [2.05, 4.69) is 161 Å². The molecule has 9 aromatic carbocycles. The summed E-state index contributed by atoms with van der Waals surface area (Å²) in [5.74, 6) is 1.85. The van der Waals surface area contributed by atoms with Gasteiger partial charge in [0.15, 0.2) is 11.6 Å². The van der Waals surface area contributed by atoms with Crippen LogP contribution in [0, 0.1) is 0 Å². The molecule has 0 aliphatic rings. The summed E-state index contributed by atoms with van der Waals surface area (Å²) in [6.07, 6.45) is 0. The highest BCUT2D eigenvalue weighted by Gasteiger charge is 2.19. The molecule has 0 saturated heterocycles. The van der Waals surface area contributed by atoms with E-state index >= 15 is 0 Å². The Morgan fingerprint density at radius 2 is 0.800 bits per heavy atom. The molecule has 0 aliphatic heterocycles. The van der Waals surface area contributed by atoms with Crippen LogP contribution in [0.4, 0.5) is 0 Å². The molecule has 12 rings (SSSR count). The quantitative estimate of drug-likeness (QED) is 0.169. The van der Waals surface area contributed by atoms with Crippen molar-refractivity contribution in [3.63, 3.8) is 0 Å². The zero-order chi connectivity index (χ0) is 39.6. The molecule has 3 heterocycles. The van der Waals surface area contributed by atoms with Gasteiger partial charge >= 0.3 is 0 Å². The Bertz CT molecular complexity index is 3520. The summed E-state index contributed by atoms with van der Waals surface area (Å²) in [7, 11) is 0. The lowest BCUT2D eigenvalue weighted by molar-refractivity contribution is 0.953. The number of para-hydroxylation sites is 2. The van der Waals surface area contributed by atoms with Crippen molar-refractivity contribution in [1.82, 2.24) is 24.1 Å². The Balaban J connectivity index is 1.01. The van der Waals surface area contributed by atoms with Crippen LogP contribution in [0.15, 0.2) is 212 Å². The molecule has 280 valence electrons. The largest absolute Gasteiger partial charge is 0.309 e. The number of hydrogen-bond acceptors (Lipinski definition) is 3. The first-order valence-electron chi connectivity index (χ1n) is 20.3. The predicted octanol–water partition coefficient (Wildman–Crippen LogP) is 13.9. The molecule has 0 amide bonds. The normalized spacial score (nSPS) is 11.7. The first-order valence-corrected chi connectivity index (χ1v) is 20.3. The molecule has 3 aromatic heterocycles. The van der Waals surface area contributed by atoms with Gasteiger partial charge in [-0.25, -0.2) is 4.98 Å². The molecule has 60 heavy (non-hydrogen) atoms. The smallest absolute Gasteiger partial charge is 0.238 e. The lowest BCUT2D eigenvalue weighted by Crippen LogP contribution is -2.06. The molecule has 5 nitrogen and oxygen atoms in total. The van der Waals surface area contributed by atoms with E-state index in [0.29, 0.717) is 17.6 Å². The van der Waals surface area contributed by atoms with Gasteiger partial charge < -0.3 is 4.57 Å². The summed E-state index contributed by atoms with van der Waals surface area (Å²) in [5, 5.41) is 7.24. The maximum Gasteiger partial charge on any atom is 0.238 e. The van der Waals surface area contributed by atoms with E-state index in [0.717, 1.165) is 49.7 Å². The Labute approximate surface area is 346 Å². The first kappa shape index (κ1) is 33.9. The van der Waals surface area contributed by atoms with Gasteiger partial charge in [-0.05, 0) is 75.5 Å². The fraction of sp³-hybridized carbons (Fsp3) is 0. The summed E-state index contributed by atoms with van der Waals surface area (Å²) in [5.41, 5.74) is 12.2. The molecule has 0 aliphatic carbocycles. The average molecular weight is 766 g/mol. The SMILES string of the molecule is c1ccc(-c2nc(-c3ccccc3)nc(-n3c4ccccc4c4cc(-c5ccc6c7ccccc7n(-c7ccc(-c8cccc9ccccc89)cc7)c6c5)ccc43)n2)cc1. The minimum Gasteiger partial charge on any atom is -0.309 e. The van der Waals surface area contributed by atoms with E-state index in [9.17, 15) is 0 Å². The van der Waals surface area contributed by atoms with Crippen molar-refractivity contribution in [2.75, 3.05) is 0 Å². The number of nitrogens with zero attached hydrogens (tertiary/aromatic N) is 5.